The van der Waals surface area contributed by atoms with Crippen LogP contribution in [0.4, 0.5) is 11.4 Å². The number of benzene rings is 1. The molecule has 1 spiro atoms. The lowest BCUT2D eigenvalue weighted by atomic mass is 9.82. The Labute approximate surface area is 283 Å². The minimum atomic E-state index is -2.91. The van der Waals surface area contributed by atoms with E-state index >= 15 is 0 Å². The highest BCUT2D eigenvalue weighted by molar-refractivity contribution is 6.71. The maximum absolute atomic E-state index is 14.8. The molecule has 2 aromatic rings. The standard InChI is InChI=1S/C35H49N5O7Si/c1-22(2)9-8-10-23(3)13-17-39-29-12-11-27(40-31(43)20-32(40)46-25(5)42)19-28(29)35(34(39)44)24(4)33(48(6,7)45)30(47-35)14-16-38-21-26(15-18-41)36-37-38/h9,11-13,19,21,24,30,32-33,41,45H,8,10,14-18,20H2,1-7H3/b23-13+/t24-,30+,32?,33-,35+/m1/s1. The Morgan fingerprint density at radius 3 is 2.58 bits per heavy atom. The van der Waals surface area contributed by atoms with E-state index in [1.54, 1.807) is 21.8 Å². The number of carbonyl (C=O) groups excluding carboxylic acids is 3. The Morgan fingerprint density at radius 1 is 1.19 bits per heavy atom. The summed E-state index contributed by atoms with van der Waals surface area (Å²) in [5, 5.41) is 17.6. The first-order chi connectivity index (χ1) is 22.7. The van der Waals surface area contributed by atoms with E-state index in [0.717, 1.165) is 12.8 Å². The summed E-state index contributed by atoms with van der Waals surface area (Å²) in [4.78, 5) is 54.2. The highest BCUT2D eigenvalue weighted by atomic mass is 28.4. The summed E-state index contributed by atoms with van der Waals surface area (Å²) in [7, 11) is -2.91. The molecule has 48 heavy (non-hydrogen) atoms. The number of amides is 2. The predicted octanol–water partition coefficient (Wildman–Crippen LogP) is 4.37. The molecule has 2 amide bonds. The Morgan fingerprint density at radius 2 is 1.94 bits per heavy atom. The summed E-state index contributed by atoms with van der Waals surface area (Å²) >= 11 is 0. The number of hydrogen-bond acceptors (Lipinski definition) is 9. The molecule has 12 nitrogen and oxygen atoms in total. The van der Waals surface area contributed by atoms with E-state index in [2.05, 4.69) is 43.2 Å². The van der Waals surface area contributed by atoms with Gasteiger partial charge >= 0.3 is 5.97 Å². The van der Waals surface area contributed by atoms with Crippen LogP contribution >= 0.6 is 0 Å². The van der Waals surface area contributed by atoms with Crippen LogP contribution in [-0.4, -0.2) is 76.5 Å². The van der Waals surface area contributed by atoms with Crippen molar-refractivity contribution >= 4 is 37.5 Å². The molecule has 5 rings (SSSR count). The van der Waals surface area contributed by atoms with Crippen molar-refractivity contribution in [1.82, 2.24) is 15.0 Å². The second kappa shape index (κ2) is 14.1. The lowest BCUT2D eigenvalue weighted by Crippen LogP contribution is -2.55. The number of aliphatic hydroxyl groups excluding tert-OH is 1. The van der Waals surface area contributed by atoms with Crippen LogP contribution in [0.25, 0.3) is 0 Å². The Bertz CT molecular complexity index is 1610. The number of rotatable bonds is 13. The summed E-state index contributed by atoms with van der Waals surface area (Å²) in [6.07, 6.45) is 7.68. The number of β-lactam (4-membered cyclic amide) rings is 1. The van der Waals surface area contributed by atoms with Crippen LogP contribution in [0.3, 0.4) is 0 Å². The molecule has 2 saturated heterocycles. The summed E-state index contributed by atoms with van der Waals surface area (Å²) in [6, 6.07) is 5.45. The molecule has 4 heterocycles. The van der Waals surface area contributed by atoms with Gasteiger partial charge < -0.3 is 24.3 Å². The first kappa shape index (κ1) is 35.6. The third-order valence-corrected chi connectivity index (χ3v) is 12.3. The van der Waals surface area contributed by atoms with Gasteiger partial charge in [-0.3, -0.25) is 24.0 Å². The van der Waals surface area contributed by atoms with Gasteiger partial charge in [-0.15, -0.1) is 5.10 Å². The number of ether oxygens (including phenoxy) is 2. The molecule has 3 aliphatic heterocycles. The number of nitrogens with zero attached hydrogens (tertiary/aromatic N) is 5. The predicted molar refractivity (Wildman–Crippen MR) is 183 cm³/mol. The smallest absolute Gasteiger partial charge is 0.304 e. The highest BCUT2D eigenvalue weighted by Crippen LogP contribution is 2.60. The fraction of sp³-hybridized carbons (Fsp3) is 0.571. The number of hydrogen-bond donors (Lipinski definition) is 2. The summed E-state index contributed by atoms with van der Waals surface area (Å²) in [5.41, 5.74) is 3.29. The van der Waals surface area contributed by atoms with Crippen LogP contribution in [0, 0.1) is 5.92 Å². The van der Waals surface area contributed by atoms with Gasteiger partial charge in [0.05, 0.1) is 23.9 Å². The van der Waals surface area contributed by atoms with E-state index < -0.39 is 32.2 Å². The Balaban J connectivity index is 1.53. The molecule has 2 fully saturated rings. The van der Waals surface area contributed by atoms with Gasteiger partial charge in [0.15, 0.2) is 20.1 Å². The molecule has 2 N–H and O–H groups in total. The quantitative estimate of drug-likeness (QED) is 0.136. The molecule has 0 radical (unpaired) electrons. The van der Waals surface area contributed by atoms with Gasteiger partial charge in [0.1, 0.15) is 0 Å². The van der Waals surface area contributed by atoms with Crippen molar-refractivity contribution < 1.29 is 33.8 Å². The average Bonchev–Trinajstić information content (AvgIpc) is 3.63. The number of carbonyl (C=O) groups is 3. The van der Waals surface area contributed by atoms with Gasteiger partial charge in [-0.25, -0.2) is 0 Å². The molecule has 3 aliphatic rings. The maximum Gasteiger partial charge on any atom is 0.304 e. The number of aryl methyl sites for hydroxylation is 1. The SMILES string of the molecule is CC(=O)OC1CC(=O)N1c1ccc2c(c1)[C@]1(O[C@@H](CCn3cc(CCO)nn3)[C@H]([Si](C)(C)O)[C@H]1C)C(=O)N2C/C=C(\C)CCC=C(C)C. The second-order valence-electron chi connectivity index (χ2n) is 14.1. The molecule has 5 atom stereocenters. The zero-order valence-corrected chi connectivity index (χ0v) is 30.1. The number of aromatic nitrogens is 3. The molecule has 13 heteroatoms. The molecule has 260 valence electrons. The van der Waals surface area contributed by atoms with Gasteiger partial charge in [0, 0.05) is 61.9 Å². The molecule has 0 bridgehead atoms. The summed E-state index contributed by atoms with van der Waals surface area (Å²) in [6.45, 7) is 14.1. The Hall–Kier alpha value is -3.65. The molecular weight excluding hydrogens is 630 g/mol. The minimum Gasteiger partial charge on any atom is -0.441 e. The number of aliphatic hydroxyl groups is 1. The van der Waals surface area contributed by atoms with Crippen molar-refractivity contribution in [3.05, 3.63) is 59.0 Å². The summed E-state index contributed by atoms with van der Waals surface area (Å²) < 4.78 is 14.1. The summed E-state index contributed by atoms with van der Waals surface area (Å²) in [5.74, 6) is -1.24. The first-order valence-corrected chi connectivity index (χ1v) is 19.8. The maximum atomic E-state index is 14.8. The lowest BCUT2D eigenvalue weighted by Gasteiger charge is -2.39. The van der Waals surface area contributed by atoms with E-state index in [0.29, 0.717) is 48.6 Å². The van der Waals surface area contributed by atoms with Gasteiger partial charge in [-0.1, -0.05) is 35.4 Å². The van der Waals surface area contributed by atoms with Gasteiger partial charge in [0.25, 0.3) is 5.91 Å². The third kappa shape index (κ3) is 6.91. The van der Waals surface area contributed by atoms with Crippen molar-refractivity contribution in [2.75, 3.05) is 23.0 Å². The normalized spacial score (nSPS) is 25.5. The van der Waals surface area contributed by atoms with E-state index in [4.69, 9.17) is 9.47 Å². The van der Waals surface area contributed by atoms with E-state index in [1.165, 1.54) is 23.0 Å². The van der Waals surface area contributed by atoms with Crippen LogP contribution in [0.5, 0.6) is 0 Å². The van der Waals surface area contributed by atoms with Gasteiger partial charge in [-0.05, 0) is 71.3 Å². The number of esters is 1. The molecule has 0 saturated carbocycles. The van der Waals surface area contributed by atoms with Crippen LogP contribution in [-0.2, 0) is 42.4 Å². The molecule has 1 aromatic heterocycles. The van der Waals surface area contributed by atoms with Crippen LogP contribution in [0.15, 0.2) is 47.7 Å². The van der Waals surface area contributed by atoms with Crippen molar-refractivity contribution in [2.24, 2.45) is 5.92 Å². The van der Waals surface area contributed by atoms with Crippen LogP contribution < -0.4 is 9.80 Å². The second-order valence-corrected chi connectivity index (χ2v) is 18.1. The minimum absolute atomic E-state index is 0.0222. The van der Waals surface area contributed by atoms with E-state index in [9.17, 15) is 24.3 Å². The largest absolute Gasteiger partial charge is 0.441 e. The Kier molecular flexibility index (Phi) is 10.4. The first-order valence-electron chi connectivity index (χ1n) is 16.8. The van der Waals surface area contributed by atoms with Crippen LogP contribution in [0.2, 0.25) is 18.6 Å². The van der Waals surface area contributed by atoms with Crippen molar-refractivity contribution in [3.8, 4) is 0 Å². The number of fused-ring (bicyclic) bond motifs is 2. The van der Waals surface area contributed by atoms with Gasteiger partial charge in [-0.2, -0.15) is 0 Å². The third-order valence-electron chi connectivity index (χ3n) is 9.76. The van der Waals surface area contributed by atoms with Gasteiger partial charge in [0.2, 0.25) is 5.91 Å². The fourth-order valence-corrected chi connectivity index (χ4v) is 10.1. The topological polar surface area (TPSA) is 147 Å². The molecular formula is C35H49N5O7Si. The van der Waals surface area contributed by atoms with E-state index in [-0.39, 0.29) is 36.3 Å². The van der Waals surface area contributed by atoms with E-state index in [1.807, 2.05) is 32.2 Å². The average molecular weight is 680 g/mol. The molecule has 1 aromatic carbocycles. The van der Waals surface area contributed by atoms with Crippen molar-refractivity contribution in [3.63, 3.8) is 0 Å². The molecule has 0 aliphatic carbocycles. The fourth-order valence-electron chi connectivity index (χ4n) is 7.52. The number of anilines is 2. The monoisotopic (exact) mass is 679 g/mol. The zero-order valence-electron chi connectivity index (χ0n) is 29.1. The zero-order chi connectivity index (χ0) is 35.0. The number of allylic oxidation sites excluding steroid dienone is 3. The lowest BCUT2D eigenvalue weighted by molar-refractivity contribution is -0.153. The highest BCUT2D eigenvalue weighted by Gasteiger charge is 2.66. The van der Waals surface area contributed by atoms with Crippen LogP contribution in [0.1, 0.15) is 71.6 Å². The molecule has 1 unspecified atom stereocenters. The van der Waals surface area contributed by atoms with Crippen molar-refractivity contribution in [1.29, 1.82) is 0 Å². The van der Waals surface area contributed by atoms with Crippen molar-refractivity contribution in [2.45, 2.75) is 110 Å².